The van der Waals surface area contributed by atoms with Crippen LogP contribution in [0.25, 0.3) is 0 Å². The highest BCUT2D eigenvalue weighted by Gasteiger charge is 2.11. The lowest BCUT2D eigenvalue weighted by molar-refractivity contribution is -0.125. The summed E-state index contributed by atoms with van der Waals surface area (Å²) in [4.78, 5) is 24.1. The third kappa shape index (κ3) is 5.09. The average molecular weight is 354 g/mol. The van der Waals surface area contributed by atoms with Crippen LogP contribution in [-0.2, 0) is 9.59 Å². The SMILES string of the molecule is Cc1cc(C)c(NC(=O)CNC(=O)COc2c(C)cccc2C)c(C)c1. The minimum atomic E-state index is -0.333. The maximum atomic E-state index is 12.1. The van der Waals surface area contributed by atoms with Gasteiger partial charge >= 0.3 is 0 Å². The van der Waals surface area contributed by atoms with E-state index in [9.17, 15) is 9.59 Å². The van der Waals surface area contributed by atoms with Crippen LogP contribution >= 0.6 is 0 Å². The number of aryl methyl sites for hydroxylation is 5. The van der Waals surface area contributed by atoms with Crippen LogP contribution in [0.15, 0.2) is 30.3 Å². The molecule has 0 atom stereocenters. The second-order valence-corrected chi connectivity index (χ2v) is 6.61. The zero-order valence-corrected chi connectivity index (χ0v) is 16.0. The summed E-state index contributed by atoms with van der Waals surface area (Å²) in [6.07, 6.45) is 0. The molecule has 138 valence electrons. The summed E-state index contributed by atoms with van der Waals surface area (Å²) in [7, 11) is 0. The van der Waals surface area contributed by atoms with Crippen LogP contribution in [0.3, 0.4) is 0 Å². The normalized spacial score (nSPS) is 10.3. The summed E-state index contributed by atoms with van der Waals surface area (Å²) in [5.41, 5.74) is 5.89. The van der Waals surface area contributed by atoms with Gasteiger partial charge in [0.25, 0.3) is 5.91 Å². The molecule has 5 nitrogen and oxygen atoms in total. The van der Waals surface area contributed by atoms with Crippen LogP contribution in [0.4, 0.5) is 5.69 Å². The van der Waals surface area contributed by atoms with Gasteiger partial charge in [0.15, 0.2) is 6.61 Å². The number of carbonyl (C=O) groups is 2. The smallest absolute Gasteiger partial charge is 0.258 e. The second kappa shape index (κ2) is 8.52. The Morgan fingerprint density at radius 3 is 2.04 bits per heavy atom. The number of ether oxygens (including phenoxy) is 1. The summed E-state index contributed by atoms with van der Waals surface area (Å²) in [5, 5.41) is 5.44. The first-order valence-electron chi connectivity index (χ1n) is 8.61. The average Bonchev–Trinajstić information content (AvgIpc) is 2.55. The standard InChI is InChI=1S/C21H26N2O3/c1-13-9-16(4)20(17(5)10-13)23-18(24)11-22-19(25)12-26-21-14(2)7-6-8-15(21)3/h6-10H,11-12H2,1-5H3,(H,22,25)(H,23,24). The van der Waals surface area contributed by atoms with Gasteiger partial charge < -0.3 is 15.4 Å². The molecule has 0 saturated carbocycles. The largest absolute Gasteiger partial charge is 0.483 e. The molecule has 26 heavy (non-hydrogen) atoms. The van der Waals surface area contributed by atoms with Gasteiger partial charge in [-0.05, 0) is 56.9 Å². The van der Waals surface area contributed by atoms with Gasteiger partial charge in [0.2, 0.25) is 5.91 Å². The third-order valence-electron chi connectivity index (χ3n) is 4.14. The Morgan fingerprint density at radius 2 is 1.46 bits per heavy atom. The number of para-hydroxylation sites is 1. The maximum Gasteiger partial charge on any atom is 0.258 e. The molecule has 2 aromatic rings. The fourth-order valence-corrected chi connectivity index (χ4v) is 2.96. The highest BCUT2D eigenvalue weighted by atomic mass is 16.5. The lowest BCUT2D eigenvalue weighted by Gasteiger charge is -2.14. The Hall–Kier alpha value is -2.82. The molecule has 0 spiro atoms. The van der Waals surface area contributed by atoms with E-state index in [4.69, 9.17) is 4.74 Å². The zero-order chi connectivity index (χ0) is 19.3. The Bertz CT molecular complexity index is 785. The van der Waals surface area contributed by atoms with Gasteiger partial charge in [-0.1, -0.05) is 35.9 Å². The Labute approximate surface area is 154 Å². The lowest BCUT2D eigenvalue weighted by atomic mass is 10.1. The van der Waals surface area contributed by atoms with Crippen LogP contribution in [-0.4, -0.2) is 25.0 Å². The molecule has 2 amide bonds. The number of anilines is 1. The molecule has 0 aromatic heterocycles. The van der Waals surface area contributed by atoms with Gasteiger partial charge in [-0.3, -0.25) is 9.59 Å². The van der Waals surface area contributed by atoms with Crippen LogP contribution in [0.2, 0.25) is 0 Å². The second-order valence-electron chi connectivity index (χ2n) is 6.61. The molecular formula is C21H26N2O3. The minimum absolute atomic E-state index is 0.0955. The van der Waals surface area contributed by atoms with E-state index in [0.29, 0.717) is 5.75 Å². The van der Waals surface area contributed by atoms with E-state index < -0.39 is 0 Å². The number of rotatable bonds is 6. The predicted octanol–water partition coefficient (Wildman–Crippen LogP) is 3.36. The van der Waals surface area contributed by atoms with Crippen LogP contribution in [0.1, 0.15) is 27.8 Å². The third-order valence-corrected chi connectivity index (χ3v) is 4.14. The molecule has 2 aromatic carbocycles. The van der Waals surface area contributed by atoms with E-state index in [2.05, 4.69) is 10.6 Å². The molecular weight excluding hydrogens is 328 g/mol. The fourth-order valence-electron chi connectivity index (χ4n) is 2.96. The van der Waals surface area contributed by atoms with Gasteiger partial charge in [-0.2, -0.15) is 0 Å². The van der Waals surface area contributed by atoms with Crippen molar-refractivity contribution in [1.29, 1.82) is 0 Å². The predicted molar refractivity (Wildman–Crippen MR) is 104 cm³/mol. The Kier molecular flexibility index (Phi) is 6.39. The Morgan fingerprint density at radius 1 is 0.885 bits per heavy atom. The summed E-state index contributed by atoms with van der Waals surface area (Å²) in [5.74, 6) is 0.110. The van der Waals surface area contributed by atoms with Crippen LogP contribution < -0.4 is 15.4 Å². The topological polar surface area (TPSA) is 67.4 Å². The van der Waals surface area contributed by atoms with Gasteiger partial charge in [-0.15, -0.1) is 0 Å². The molecule has 0 aliphatic carbocycles. The molecule has 2 rings (SSSR count). The van der Waals surface area contributed by atoms with Gasteiger partial charge in [0.05, 0.1) is 6.54 Å². The van der Waals surface area contributed by atoms with Crippen LogP contribution in [0, 0.1) is 34.6 Å². The van der Waals surface area contributed by atoms with Crippen molar-refractivity contribution in [3.05, 3.63) is 58.1 Å². The quantitative estimate of drug-likeness (QED) is 0.836. The van der Waals surface area contributed by atoms with Crippen molar-refractivity contribution in [3.63, 3.8) is 0 Å². The summed E-state index contributed by atoms with van der Waals surface area (Å²) in [6.45, 7) is 9.56. The number of benzene rings is 2. The van der Waals surface area contributed by atoms with Crippen molar-refractivity contribution in [2.75, 3.05) is 18.5 Å². The Balaban J connectivity index is 1.85. The van der Waals surface area contributed by atoms with Crippen molar-refractivity contribution < 1.29 is 14.3 Å². The first kappa shape index (κ1) is 19.5. The molecule has 0 aliphatic heterocycles. The first-order chi connectivity index (χ1) is 12.3. The first-order valence-corrected chi connectivity index (χ1v) is 8.61. The number of hydrogen-bond acceptors (Lipinski definition) is 3. The van der Waals surface area contributed by atoms with E-state index >= 15 is 0 Å². The molecule has 0 heterocycles. The number of amides is 2. The minimum Gasteiger partial charge on any atom is -0.483 e. The summed E-state index contributed by atoms with van der Waals surface area (Å²) in [6, 6.07) is 9.83. The monoisotopic (exact) mass is 354 g/mol. The molecule has 0 fully saturated rings. The van der Waals surface area contributed by atoms with Crippen molar-refractivity contribution in [1.82, 2.24) is 5.32 Å². The lowest BCUT2D eigenvalue weighted by Crippen LogP contribution is -2.36. The van der Waals surface area contributed by atoms with Gasteiger partial charge in [-0.25, -0.2) is 0 Å². The van der Waals surface area contributed by atoms with E-state index in [0.717, 1.165) is 33.5 Å². The van der Waals surface area contributed by atoms with Crippen molar-refractivity contribution in [2.24, 2.45) is 0 Å². The molecule has 0 saturated heterocycles. The van der Waals surface area contributed by atoms with E-state index in [1.165, 1.54) is 0 Å². The van der Waals surface area contributed by atoms with E-state index in [-0.39, 0.29) is 25.0 Å². The van der Waals surface area contributed by atoms with Gasteiger partial charge in [0, 0.05) is 5.69 Å². The molecule has 0 radical (unpaired) electrons. The van der Waals surface area contributed by atoms with Crippen molar-refractivity contribution in [3.8, 4) is 5.75 Å². The maximum absolute atomic E-state index is 12.1. The van der Waals surface area contributed by atoms with E-state index in [1.54, 1.807) is 0 Å². The number of nitrogens with one attached hydrogen (secondary N) is 2. The molecule has 2 N–H and O–H groups in total. The van der Waals surface area contributed by atoms with Crippen molar-refractivity contribution in [2.45, 2.75) is 34.6 Å². The summed E-state index contributed by atoms with van der Waals surface area (Å²) < 4.78 is 5.59. The number of carbonyl (C=O) groups excluding carboxylic acids is 2. The fraction of sp³-hybridized carbons (Fsp3) is 0.333. The van der Waals surface area contributed by atoms with E-state index in [1.807, 2.05) is 65.0 Å². The van der Waals surface area contributed by atoms with Crippen LogP contribution in [0.5, 0.6) is 5.75 Å². The number of hydrogen-bond donors (Lipinski definition) is 2. The molecule has 0 bridgehead atoms. The highest BCUT2D eigenvalue weighted by molar-refractivity contribution is 5.95. The molecule has 0 aliphatic rings. The molecule has 0 unspecified atom stereocenters. The zero-order valence-electron chi connectivity index (χ0n) is 16.0. The summed E-state index contributed by atoms with van der Waals surface area (Å²) >= 11 is 0. The van der Waals surface area contributed by atoms with Gasteiger partial charge in [0.1, 0.15) is 5.75 Å². The van der Waals surface area contributed by atoms with Crippen molar-refractivity contribution >= 4 is 17.5 Å². The molecule has 5 heteroatoms. The highest BCUT2D eigenvalue weighted by Crippen LogP contribution is 2.22.